The summed E-state index contributed by atoms with van der Waals surface area (Å²) in [6, 6.07) is -0.704. The summed E-state index contributed by atoms with van der Waals surface area (Å²) in [4.78, 5) is 0. The molecule has 0 fully saturated rings. The molecule has 14 heteroatoms. The van der Waals surface area contributed by atoms with Gasteiger partial charge in [0.2, 0.25) is 0 Å². The summed E-state index contributed by atoms with van der Waals surface area (Å²) in [5, 5.41) is 20.7. The molecular weight excluding hydrogens is 378 g/mol. The lowest BCUT2D eigenvalue weighted by atomic mass is 9.90. The van der Waals surface area contributed by atoms with E-state index in [9.17, 15) is 49.6 Å². The van der Waals surface area contributed by atoms with Crippen molar-refractivity contribution in [2.24, 2.45) is 0 Å². The van der Waals surface area contributed by atoms with E-state index in [-0.39, 0.29) is 19.2 Å². The SMILES string of the molecule is COC(c1cc(OB([O-])[O-])cc(C(F)(F)F)c1)(C(F)(F)F)C(F)(F)F. The zero-order valence-electron chi connectivity index (χ0n) is 11.8. The molecule has 0 bridgehead atoms. The number of methoxy groups -OCH3 is 1. The van der Waals surface area contributed by atoms with E-state index >= 15 is 0 Å². The Balaban J connectivity index is 3.81. The van der Waals surface area contributed by atoms with Gasteiger partial charge < -0.3 is 19.4 Å². The molecule has 0 saturated heterocycles. The second-order valence-electron chi connectivity index (χ2n) is 4.53. The normalized spacial score (nSPS) is 13.8. The standard InChI is InChI=1S/C11H6BF9O4/c1-24-8(10(16,17)18,11(19,20)21)5-2-6(9(13,14)15)4-7(3-5)25-12(22)23/h2-4H,1H3/q-2. The van der Waals surface area contributed by atoms with Crippen LogP contribution in [-0.2, 0) is 16.5 Å². The van der Waals surface area contributed by atoms with Crippen LogP contribution in [-0.4, -0.2) is 26.8 Å². The third-order valence-corrected chi connectivity index (χ3v) is 2.98. The molecule has 0 amide bonds. The Kier molecular flexibility index (Phi) is 5.62. The predicted octanol–water partition coefficient (Wildman–Crippen LogP) is 1.76. The first-order valence-corrected chi connectivity index (χ1v) is 5.96. The van der Waals surface area contributed by atoms with Gasteiger partial charge in [-0.3, -0.25) is 0 Å². The maximum atomic E-state index is 13.1. The average molecular weight is 384 g/mol. The summed E-state index contributed by atoms with van der Waals surface area (Å²) in [7, 11) is -3.30. The molecule has 0 N–H and O–H groups in total. The topological polar surface area (TPSA) is 64.6 Å². The molecule has 4 nitrogen and oxygen atoms in total. The van der Waals surface area contributed by atoms with Crippen molar-refractivity contribution in [3.05, 3.63) is 29.3 Å². The summed E-state index contributed by atoms with van der Waals surface area (Å²) in [6.45, 7) is 0. The fourth-order valence-corrected chi connectivity index (χ4v) is 1.98. The van der Waals surface area contributed by atoms with Crippen LogP contribution in [0.5, 0.6) is 5.75 Å². The van der Waals surface area contributed by atoms with E-state index < -0.39 is 54.4 Å². The van der Waals surface area contributed by atoms with Gasteiger partial charge in [-0.2, -0.15) is 39.5 Å². The first kappa shape index (κ1) is 21.4. The fourth-order valence-electron chi connectivity index (χ4n) is 1.98. The Morgan fingerprint density at radius 2 is 1.24 bits per heavy atom. The van der Waals surface area contributed by atoms with Gasteiger partial charge in [0.05, 0.1) is 11.3 Å². The minimum Gasteiger partial charge on any atom is -0.860 e. The van der Waals surface area contributed by atoms with E-state index in [0.29, 0.717) is 0 Å². The zero-order valence-corrected chi connectivity index (χ0v) is 11.8. The highest BCUT2D eigenvalue weighted by molar-refractivity contribution is 6.29. The first-order chi connectivity index (χ1) is 11.1. The van der Waals surface area contributed by atoms with Crippen molar-refractivity contribution in [3.8, 4) is 5.75 Å². The Bertz CT molecular complexity index is 595. The minimum absolute atomic E-state index is 0.00816. The Labute approximate surface area is 133 Å². The van der Waals surface area contributed by atoms with Crippen molar-refractivity contribution >= 4 is 7.32 Å². The molecule has 0 atom stereocenters. The van der Waals surface area contributed by atoms with E-state index in [1.54, 1.807) is 0 Å². The molecule has 0 aliphatic carbocycles. The van der Waals surface area contributed by atoms with Crippen molar-refractivity contribution < 1.29 is 59.0 Å². The summed E-state index contributed by atoms with van der Waals surface area (Å²) in [6.07, 6.45) is -17.8. The summed E-state index contributed by atoms with van der Waals surface area (Å²) >= 11 is 0. The number of halogens is 9. The number of hydrogen-bond acceptors (Lipinski definition) is 4. The lowest BCUT2D eigenvalue weighted by molar-refractivity contribution is -0.383. The molecule has 1 aromatic rings. The van der Waals surface area contributed by atoms with Gasteiger partial charge in [-0.1, -0.05) is 0 Å². The van der Waals surface area contributed by atoms with E-state index in [1.807, 2.05) is 0 Å². The van der Waals surface area contributed by atoms with Gasteiger partial charge in [-0.25, -0.2) is 0 Å². The lowest BCUT2D eigenvalue weighted by Gasteiger charge is -2.37. The summed E-state index contributed by atoms with van der Waals surface area (Å²) in [5.41, 5.74) is -9.20. The van der Waals surface area contributed by atoms with Crippen LogP contribution in [0.1, 0.15) is 11.1 Å². The highest BCUT2D eigenvalue weighted by Gasteiger charge is 2.73. The quantitative estimate of drug-likeness (QED) is 0.587. The molecule has 0 radical (unpaired) electrons. The molecule has 0 aliphatic heterocycles. The van der Waals surface area contributed by atoms with E-state index in [1.165, 1.54) is 0 Å². The third kappa shape index (κ3) is 4.12. The zero-order chi connectivity index (χ0) is 19.8. The predicted molar refractivity (Wildman–Crippen MR) is 58.6 cm³/mol. The molecule has 0 saturated carbocycles. The van der Waals surface area contributed by atoms with Crippen LogP contribution in [0.2, 0.25) is 0 Å². The van der Waals surface area contributed by atoms with E-state index in [0.717, 1.165) is 0 Å². The van der Waals surface area contributed by atoms with Gasteiger partial charge in [0.15, 0.2) is 0 Å². The van der Waals surface area contributed by atoms with Crippen LogP contribution >= 0.6 is 0 Å². The Morgan fingerprint density at radius 3 is 1.56 bits per heavy atom. The number of ether oxygens (including phenoxy) is 1. The molecule has 1 rings (SSSR count). The van der Waals surface area contributed by atoms with E-state index in [2.05, 4.69) is 9.39 Å². The van der Waals surface area contributed by atoms with E-state index in [4.69, 9.17) is 0 Å². The molecular formula is C11H6BF9O4-2. The molecule has 142 valence electrons. The van der Waals surface area contributed by atoms with Gasteiger partial charge >= 0.3 is 18.5 Å². The van der Waals surface area contributed by atoms with Gasteiger partial charge in [0.25, 0.3) is 5.60 Å². The monoisotopic (exact) mass is 384 g/mol. The van der Waals surface area contributed by atoms with Crippen molar-refractivity contribution in [1.29, 1.82) is 0 Å². The number of alkyl halides is 9. The van der Waals surface area contributed by atoms with Crippen LogP contribution in [0.4, 0.5) is 39.5 Å². The Hall–Kier alpha value is -1.67. The van der Waals surface area contributed by atoms with Gasteiger partial charge in [0.1, 0.15) is 7.32 Å². The van der Waals surface area contributed by atoms with Crippen molar-refractivity contribution in [3.63, 3.8) is 0 Å². The third-order valence-electron chi connectivity index (χ3n) is 2.98. The average Bonchev–Trinajstić information content (AvgIpc) is 2.34. The lowest BCUT2D eigenvalue weighted by Crippen LogP contribution is -2.55. The highest BCUT2D eigenvalue weighted by Crippen LogP contribution is 2.53. The molecule has 25 heavy (non-hydrogen) atoms. The van der Waals surface area contributed by atoms with Crippen LogP contribution in [0.15, 0.2) is 18.2 Å². The number of rotatable bonds is 4. The van der Waals surface area contributed by atoms with Crippen LogP contribution < -0.4 is 14.7 Å². The van der Waals surface area contributed by atoms with Crippen molar-refractivity contribution in [2.75, 3.05) is 7.11 Å². The minimum atomic E-state index is -6.23. The largest absolute Gasteiger partial charge is 0.860 e. The molecule has 0 unspecified atom stereocenters. The second-order valence-corrected chi connectivity index (χ2v) is 4.53. The van der Waals surface area contributed by atoms with Crippen molar-refractivity contribution in [1.82, 2.24) is 0 Å². The first-order valence-electron chi connectivity index (χ1n) is 5.96. The number of hydrogen-bond donors (Lipinski definition) is 0. The second kappa shape index (κ2) is 6.57. The van der Waals surface area contributed by atoms with Gasteiger partial charge in [-0.15, -0.1) is 0 Å². The van der Waals surface area contributed by atoms with Crippen LogP contribution in [0.25, 0.3) is 0 Å². The molecule has 0 heterocycles. The molecule has 0 spiro atoms. The fraction of sp³-hybridized carbons (Fsp3) is 0.455. The van der Waals surface area contributed by atoms with Crippen LogP contribution in [0.3, 0.4) is 0 Å². The summed E-state index contributed by atoms with van der Waals surface area (Å²) < 4.78 is 124. The maximum absolute atomic E-state index is 13.1. The smallest absolute Gasteiger partial charge is 0.430 e. The van der Waals surface area contributed by atoms with Gasteiger partial charge in [0, 0.05) is 12.7 Å². The molecule has 0 aliphatic rings. The number of benzene rings is 1. The highest BCUT2D eigenvalue weighted by atomic mass is 19.4. The van der Waals surface area contributed by atoms with Gasteiger partial charge in [-0.05, 0) is 18.2 Å². The summed E-state index contributed by atoms with van der Waals surface area (Å²) in [5.74, 6) is -1.42. The maximum Gasteiger partial charge on any atom is 0.430 e. The molecule has 0 aromatic heterocycles. The molecule has 1 aromatic carbocycles. The van der Waals surface area contributed by atoms with Crippen molar-refractivity contribution in [2.45, 2.75) is 24.1 Å². The Morgan fingerprint density at radius 1 is 0.800 bits per heavy atom. The van der Waals surface area contributed by atoms with Crippen LogP contribution in [0, 0.1) is 0 Å².